The van der Waals surface area contributed by atoms with Gasteiger partial charge in [-0.1, -0.05) is 44.2 Å². The molecule has 0 bridgehead atoms. The van der Waals surface area contributed by atoms with Crippen molar-refractivity contribution in [2.75, 3.05) is 18.9 Å². The van der Waals surface area contributed by atoms with Gasteiger partial charge in [0.15, 0.2) is 0 Å². The molecule has 3 rings (SSSR count). The van der Waals surface area contributed by atoms with Gasteiger partial charge in [-0.15, -0.1) is 0 Å². The molecular weight excluding hydrogens is 809 g/mol. The van der Waals surface area contributed by atoms with Gasteiger partial charge >= 0.3 is 41.8 Å². The third kappa shape index (κ3) is 19.1. The molecule has 17 N–H and O–H groups in total. The van der Waals surface area contributed by atoms with Crippen LogP contribution in [-0.2, 0) is 60.6 Å². The predicted octanol–water partition coefficient (Wildman–Crippen LogP) is -1.56. The van der Waals surface area contributed by atoms with E-state index in [4.69, 9.17) is 64.6 Å². The highest BCUT2D eigenvalue weighted by Crippen LogP contribution is 2.19. The van der Waals surface area contributed by atoms with E-state index < -0.39 is 97.3 Å². The van der Waals surface area contributed by atoms with Gasteiger partial charge in [0, 0.05) is 29.3 Å². The second-order valence-corrected chi connectivity index (χ2v) is 14.0. The minimum Gasteiger partial charge on any atom is -0.480 e. The first-order valence-electron chi connectivity index (χ1n) is 18.4. The molecule has 21 nitrogen and oxygen atoms in total. The van der Waals surface area contributed by atoms with E-state index in [1.165, 1.54) is 6.92 Å². The topological polar surface area (TPSA) is 395 Å². The number of esters is 5. The highest BCUT2D eigenvalue weighted by molar-refractivity contribution is 7.80. The number of H-pyrrole nitrogens is 1. The molecule has 0 unspecified atom stereocenters. The molecule has 0 aliphatic heterocycles. The van der Waals surface area contributed by atoms with E-state index in [9.17, 15) is 33.6 Å². The quantitative estimate of drug-likeness (QED) is 0.0213. The number of aliphatic carboxylic acids is 2. The van der Waals surface area contributed by atoms with Crippen LogP contribution in [0.3, 0.4) is 0 Å². The number of thiol groups is 1. The maximum Gasteiger partial charge on any atom is 0.334 e. The van der Waals surface area contributed by atoms with Gasteiger partial charge in [-0.25, -0.2) is 9.59 Å². The van der Waals surface area contributed by atoms with E-state index in [2.05, 4.69) is 22.3 Å². The van der Waals surface area contributed by atoms with Crippen LogP contribution >= 0.6 is 12.6 Å². The zero-order valence-electron chi connectivity index (χ0n) is 33.4. The second kappa shape index (κ2) is 26.6. The number of carbonyl (C=O) groups is 7. The minimum absolute atomic E-state index is 0.0592. The lowest BCUT2D eigenvalue weighted by Gasteiger charge is -2.21. The van der Waals surface area contributed by atoms with Crippen molar-refractivity contribution in [3.05, 3.63) is 65.9 Å². The summed E-state index contributed by atoms with van der Waals surface area (Å²) in [6.07, 6.45) is 1.91. The number of para-hydroxylation sites is 1. The van der Waals surface area contributed by atoms with Gasteiger partial charge in [-0.2, -0.15) is 12.6 Å². The van der Waals surface area contributed by atoms with Crippen LogP contribution in [0.25, 0.3) is 10.9 Å². The smallest absolute Gasteiger partial charge is 0.334 e. The molecule has 1 aromatic heterocycles. The summed E-state index contributed by atoms with van der Waals surface area (Å²) in [5.41, 5.74) is 40.7. The summed E-state index contributed by atoms with van der Waals surface area (Å²) < 4.78 is 19.0. The number of rotatable bonds is 19. The minimum atomic E-state index is -1.40. The lowest BCUT2D eigenvalue weighted by Crippen LogP contribution is -2.48. The molecular formula is C38H56N8O13S. The van der Waals surface area contributed by atoms with Crippen molar-refractivity contribution in [2.45, 2.75) is 82.4 Å². The van der Waals surface area contributed by atoms with E-state index in [-0.39, 0.29) is 12.2 Å². The van der Waals surface area contributed by atoms with E-state index >= 15 is 0 Å². The number of ether oxygens (including phenoxy) is 4. The Bertz CT molecular complexity index is 1880. The van der Waals surface area contributed by atoms with E-state index in [0.717, 1.165) is 22.0 Å². The molecule has 0 spiro atoms. The fraction of sp³-hybridized carbons (Fsp3) is 0.447. The number of carboxylic acids is 2. The van der Waals surface area contributed by atoms with E-state index in [1.54, 1.807) is 24.3 Å². The Hall–Kier alpha value is -5.46. The fourth-order valence-corrected chi connectivity index (χ4v) is 4.78. The van der Waals surface area contributed by atoms with Crippen molar-refractivity contribution in [3.8, 4) is 5.75 Å². The van der Waals surface area contributed by atoms with Crippen LogP contribution in [0.1, 0.15) is 38.3 Å². The van der Waals surface area contributed by atoms with Gasteiger partial charge in [-0.05, 0) is 55.0 Å². The number of hydrogen-bond donors (Lipinski definition) is 11. The van der Waals surface area contributed by atoms with Gasteiger partial charge in [0.1, 0.15) is 54.7 Å². The fourth-order valence-electron chi connectivity index (χ4n) is 4.63. The summed E-state index contributed by atoms with van der Waals surface area (Å²) in [5.74, 6) is -5.57. The number of carbonyl (C=O) groups excluding carboxylic acids is 5. The average Bonchev–Trinajstić information content (AvgIpc) is 3.61. The molecule has 332 valence electrons. The standard InChI is InChI=1S/C15H22N2O4.C12H22N4O7S.C11H12N2O2/c1-9(2)7-13(17)15(20)21-11-5-3-10(4-6-11)8-12(16)14(18)19;1-5(22-11(19)7(15)4-24)9(16)12(20)21-3-6(14)10(18)23-8(17)2-13;12-9(11(14)15)5-7-6-13-10-4-2-1-3-8(7)10/h3-6,9,12-13H,7-8,16-17H2,1-2H3,(H,18,19);5-7,9,24H,2-4,13-16H2,1H3;1-4,6,9,13H,5,12H2,(H,14,15)/t12-,13-;5-,6+,7+,9+;9-/m010/s1. The summed E-state index contributed by atoms with van der Waals surface area (Å²) in [4.78, 5) is 81.5. The summed E-state index contributed by atoms with van der Waals surface area (Å²) in [5, 5.41) is 18.5. The van der Waals surface area contributed by atoms with Gasteiger partial charge < -0.3 is 74.3 Å². The van der Waals surface area contributed by atoms with Gasteiger partial charge in [0.05, 0.1) is 6.54 Å². The summed E-state index contributed by atoms with van der Waals surface area (Å²) >= 11 is 3.84. The number of nitrogens with two attached hydrogens (primary N) is 7. The van der Waals surface area contributed by atoms with Crippen molar-refractivity contribution < 1.29 is 62.7 Å². The zero-order valence-corrected chi connectivity index (χ0v) is 34.3. The lowest BCUT2D eigenvalue weighted by molar-refractivity contribution is -0.162. The highest BCUT2D eigenvalue weighted by atomic mass is 32.1. The Morgan fingerprint density at radius 2 is 1.30 bits per heavy atom. The Morgan fingerprint density at radius 1 is 0.717 bits per heavy atom. The van der Waals surface area contributed by atoms with Crippen LogP contribution in [0.15, 0.2) is 54.7 Å². The number of aromatic nitrogens is 1. The lowest BCUT2D eigenvalue weighted by atomic mass is 10.0. The van der Waals surface area contributed by atoms with E-state index in [1.807, 2.05) is 44.3 Å². The Balaban J connectivity index is 0.000000460. The molecule has 0 fully saturated rings. The maximum atomic E-state index is 11.8. The highest BCUT2D eigenvalue weighted by Gasteiger charge is 2.29. The van der Waals surface area contributed by atoms with Crippen LogP contribution in [0.5, 0.6) is 5.75 Å². The molecule has 60 heavy (non-hydrogen) atoms. The molecule has 0 aliphatic rings. The normalized spacial score (nSPS) is 14.3. The van der Waals surface area contributed by atoms with Gasteiger partial charge in [-0.3, -0.25) is 24.0 Å². The molecule has 0 radical (unpaired) electrons. The van der Waals surface area contributed by atoms with Gasteiger partial charge in [0.25, 0.3) is 0 Å². The maximum absolute atomic E-state index is 11.8. The number of hydrogen-bond acceptors (Lipinski definition) is 19. The van der Waals surface area contributed by atoms with E-state index in [0.29, 0.717) is 24.5 Å². The predicted molar refractivity (Wildman–Crippen MR) is 221 cm³/mol. The molecule has 0 aliphatic carbocycles. The molecule has 22 heteroatoms. The Morgan fingerprint density at radius 3 is 1.85 bits per heavy atom. The monoisotopic (exact) mass is 864 g/mol. The second-order valence-electron chi connectivity index (χ2n) is 13.6. The van der Waals surface area contributed by atoms with Crippen LogP contribution in [0.2, 0.25) is 0 Å². The summed E-state index contributed by atoms with van der Waals surface area (Å²) in [7, 11) is 0. The number of nitrogens with one attached hydrogen (secondary N) is 1. The largest absolute Gasteiger partial charge is 0.480 e. The van der Waals surface area contributed by atoms with Gasteiger partial charge in [0.2, 0.25) is 0 Å². The first-order valence-corrected chi connectivity index (χ1v) is 19.0. The van der Waals surface area contributed by atoms with Crippen molar-refractivity contribution in [2.24, 2.45) is 46.1 Å². The number of aromatic amines is 1. The van der Waals surface area contributed by atoms with Crippen LogP contribution in [0.4, 0.5) is 0 Å². The van der Waals surface area contributed by atoms with Crippen molar-refractivity contribution in [3.63, 3.8) is 0 Å². The molecule has 0 amide bonds. The SMILES string of the molecule is CC(C)C[C@H](N)C(=O)Oc1ccc(C[C@H](N)C(=O)O)cc1.C[C@@H](OC(=O)[C@@H](N)CS)[C@H](N)C(=O)OC[C@H](N)C(=O)OC(=O)CN.N[C@@H](Cc1c[nH]c2ccccc12)C(=O)O. The summed E-state index contributed by atoms with van der Waals surface area (Å²) in [6, 6.07) is 8.20. The number of fused-ring (bicyclic) bond motifs is 1. The average molecular weight is 865 g/mol. The van der Waals surface area contributed by atoms with Crippen LogP contribution in [-0.4, -0.2) is 118 Å². The first-order chi connectivity index (χ1) is 28.1. The van der Waals surface area contributed by atoms with Crippen LogP contribution in [0, 0.1) is 5.92 Å². The number of benzene rings is 2. The first kappa shape index (κ1) is 52.6. The Kier molecular flexibility index (Phi) is 23.3. The molecule has 3 aromatic rings. The summed E-state index contributed by atoms with van der Waals surface area (Å²) in [6.45, 7) is 4.24. The molecule has 2 aromatic carbocycles. The third-order valence-electron chi connectivity index (χ3n) is 8.04. The molecule has 7 atom stereocenters. The van der Waals surface area contributed by atoms with Crippen molar-refractivity contribution in [1.29, 1.82) is 0 Å². The Labute approximate surface area is 351 Å². The third-order valence-corrected chi connectivity index (χ3v) is 8.44. The van der Waals surface area contributed by atoms with Crippen LogP contribution < -0.4 is 44.9 Å². The molecule has 0 saturated heterocycles. The molecule has 1 heterocycles. The zero-order chi connectivity index (χ0) is 45.7. The van der Waals surface area contributed by atoms with Crippen molar-refractivity contribution >= 4 is 65.3 Å². The van der Waals surface area contributed by atoms with Crippen molar-refractivity contribution in [1.82, 2.24) is 4.98 Å². The number of carboxylic acid groups (broad SMARTS) is 2. The molecule has 0 saturated carbocycles.